The highest BCUT2D eigenvalue weighted by Crippen LogP contribution is 2.21. The molecule has 146 valence electrons. The minimum atomic E-state index is -0.104. The maximum atomic E-state index is 12.9. The van der Waals surface area contributed by atoms with Crippen LogP contribution in [0, 0.1) is 0 Å². The minimum Gasteiger partial charge on any atom is -0.373 e. The summed E-state index contributed by atoms with van der Waals surface area (Å²) in [4.78, 5) is 19.6. The van der Waals surface area contributed by atoms with Gasteiger partial charge in [0.2, 0.25) is 0 Å². The molecule has 0 spiro atoms. The number of thioether (sulfide) groups is 1. The van der Waals surface area contributed by atoms with Crippen molar-refractivity contribution in [2.45, 2.75) is 44.2 Å². The summed E-state index contributed by atoms with van der Waals surface area (Å²) in [6.45, 7) is 8.70. The van der Waals surface area contributed by atoms with E-state index in [4.69, 9.17) is 4.74 Å². The number of benzene rings is 1. The number of rotatable bonds is 6. The predicted octanol–water partition coefficient (Wildman–Crippen LogP) is 2.82. The normalized spacial score (nSPS) is 21.8. The van der Waals surface area contributed by atoms with Crippen LogP contribution >= 0.6 is 11.8 Å². The number of para-hydroxylation sites is 1. The van der Waals surface area contributed by atoms with Gasteiger partial charge in [0.25, 0.3) is 5.91 Å². The highest BCUT2D eigenvalue weighted by Gasteiger charge is 2.26. The van der Waals surface area contributed by atoms with Gasteiger partial charge in [0.15, 0.2) is 5.16 Å². The van der Waals surface area contributed by atoms with E-state index >= 15 is 0 Å². The fourth-order valence-corrected chi connectivity index (χ4v) is 4.05. The van der Waals surface area contributed by atoms with Gasteiger partial charge >= 0.3 is 0 Å². The number of morpholine rings is 1. The molecule has 2 heterocycles. The molecule has 0 bridgehead atoms. The molecule has 27 heavy (non-hydrogen) atoms. The molecule has 1 aromatic carbocycles. The second kappa shape index (κ2) is 8.91. The van der Waals surface area contributed by atoms with Gasteiger partial charge in [-0.1, -0.05) is 30.0 Å². The zero-order valence-electron chi connectivity index (χ0n) is 16.4. The summed E-state index contributed by atoms with van der Waals surface area (Å²) in [6, 6.07) is 10.1. The van der Waals surface area contributed by atoms with Crippen molar-refractivity contribution in [3.63, 3.8) is 0 Å². The first-order valence-corrected chi connectivity index (χ1v) is 10.6. The Bertz CT molecular complexity index is 755. The van der Waals surface area contributed by atoms with Crippen molar-refractivity contribution < 1.29 is 9.53 Å². The van der Waals surface area contributed by atoms with Gasteiger partial charge in [0.05, 0.1) is 18.4 Å². The average Bonchev–Trinajstić information content (AvgIpc) is 3.10. The topological polar surface area (TPSA) is 59.4 Å². The quantitative estimate of drug-likeness (QED) is 0.771. The minimum absolute atomic E-state index is 0.104. The Kier molecular flexibility index (Phi) is 6.57. The lowest BCUT2D eigenvalue weighted by Gasteiger charge is -2.39. The number of aromatic nitrogens is 2. The number of nitrogens with one attached hydrogen (secondary N) is 1. The Labute approximate surface area is 165 Å². The SMILES string of the molecule is CSc1ncc(C(=O)NCC(C)N2CC(C)OC(C)C2)n1-c1ccccc1. The zero-order valence-corrected chi connectivity index (χ0v) is 17.2. The predicted molar refractivity (Wildman–Crippen MR) is 109 cm³/mol. The molecule has 0 radical (unpaired) electrons. The van der Waals surface area contributed by atoms with E-state index in [9.17, 15) is 4.79 Å². The number of carbonyl (C=O) groups is 1. The molecular formula is C20H28N4O2S. The lowest BCUT2D eigenvalue weighted by Crippen LogP contribution is -2.52. The Morgan fingerprint density at radius 3 is 2.59 bits per heavy atom. The molecule has 1 amide bonds. The molecule has 6 nitrogen and oxygen atoms in total. The molecule has 1 aromatic heterocycles. The standard InChI is InChI=1S/C20H28N4O2S/c1-14(23-12-15(2)26-16(3)13-23)10-21-19(25)18-11-22-20(27-4)24(18)17-8-6-5-7-9-17/h5-9,11,14-16H,10,12-13H2,1-4H3,(H,21,25). The number of carbonyl (C=O) groups excluding carboxylic acids is 1. The third kappa shape index (κ3) is 4.72. The second-order valence-corrected chi connectivity index (χ2v) is 7.84. The summed E-state index contributed by atoms with van der Waals surface area (Å²) in [6.07, 6.45) is 4.05. The fraction of sp³-hybridized carbons (Fsp3) is 0.500. The maximum absolute atomic E-state index is 12.9. The van der Waals surface area contributed by atoms with Crippen molar-refractivity contribution in [2.24, 2.45) is 0 Å². The Morgan fingerprint density at radius 2 is 1.96 bits per heavy atom. The first-order chi connectivity index (χ1) is 13.0. The summed E-state index contributed by atoms with van der Waals surface area (Å²) < 4.78 is 7.70. The van der Waals surface area contributed by atoms with Crippen LogP contribution in [-0.2, 0) is 4.74 Å². The van der Waals surface area contributed by atoms with E-state index in [1.807, 2.05) is 41.2 Å². The van der Waals surface area contributed by atoms with Crippen molar-refractivity contribution in [2.75, 3.05) is 25.9 Å². The van der Waals surface area contributed by atoms with Gasteiger partial charge in [-0.05, 0) is 39.2 Å². The molecule has 1 N–H and O–H groups in total. The van der Waals surface area contributed by atoms with E-state index in [-0.39, 0.29) is 24.2 Å². The average molecular weight is 389 g/mol. The molecule has 3 rings (SSSR count). The van der Waals surface area contributed by atoms with Crippen molar-refractivity contribution >= 4 is 17.7 Å². The van der Waals surface area contributed by atoms with Gasteiger partial charge in [0, 0.05) is 31.4 Å². The Balaban J connectivity index is 1.69. The van der Waals surface area contributed by atoms with Gasteiger partial charge in [0.1, 0.15) is 5.69 Å². The molecule has 2 aromatic rings. The van der Waals surface area contributed by atoms with E-state index in [0.29, 0.717) is 12.2 Å². The van der Waals surface area contributed by atoms with Crippen LogP contribution in [0.4, 0.5) is 0 Å². The summed E-state index contributed by atoms with van der Waals surface area (Å²) >= 11 is 1.53. The van der Waals surface area contributed by atoms with Gasteiger partial charge < -0.3 is 10.1 Å². The zero-order chi connectivity index (χ0) is 19.4. The second-order valence-electron chi connectivity index (χ2n) is 7.07. The molecule has 7 heteroatoms. The van der Waals surface area contributed by atoms with Crippen LogP contribution in [-0.4, -0.2) is 64.5 Å². The highest BCUT2D eigenvalue weighted by molar-refractivity contribution is 7.98. The lowest BCUT2D eigenvalue weighted by molar-refractivity contribution is -0.0778. The first-order valence-electron chi connectivity index (χ1n) is 9.34. The first kappa shape index (κ1) is 19.9. The largest absolute Gasteiger partial charge is 0.373 e. The van der Waals surface area contributed by atoms with Gasteiger partial charge in [-0.2, -0.15) is 0 Å². The summed E-state index contributed by atoms with van der Waals surface area (Å²) in [5.41, 5.74) is 1.50. The van der Waals surface area contributed by atoms with E-state index in [1.165, 1.54) is 11.8 Å². The van der Waals surface area contributed by atoms with Crippen LogP contribution in [0.1, 0.15) is 31.3 Å². The maximum Gasteiger partial charge on any atom is 0.270 e. The molecule has 0 aliphatic carbocycles. The number of amides is 1. The van der Waals surface area contributed by atoms with Crippen molar-refractivity contribution in [3.8, 4) is 5.69 Å². The van der Waals surface area contributed by atoms with Crippen LogP contribution in [0.25, 0.3) is 5.69 Å². The van der Waals surface area contributed by atoms with E-state index < -0.39 is 0 Å². The van der Waals surface area contributed by atoms with Crippen LogP contribution in [0.3, 0.4) is 0 Å². The monoisotopic (exact) mass is 388 g/mol. The van der Waals surface area contributed by atoms with Crippen LogP contribution in [0.2, 0.25) is 0 Å². The number of hydrogen-bond donors (Lipinski definition) is 1. The third-order valence-electron chi connectivity index (χ3n) is 4.79. The highest BCUT2D eigenvalue weighted by atomic mass is 32.2. The van der Waals surface area contributed by atoms with Crippen molar-refractivity contribution in [1.82, 2.24) is 19.8 Å². The summed E-state index contributed by atoms with van der Waals surface area (Å²) in [7, 11) is 0. The van der Waals surface area contributed by atoms with E-state index in [0.717, 1.165) is 23.9 Å². The van der Waals surface area contributed by atoms with Crippen molar-refractivity contribution in [3.05, 3.63) is 42.2 Å². The number of ether oxygens (including phenoxy) is 1. The molecule has 3 atom stereocenters. The molecule has 0 saturated carbocycles. The summed E-state index contributed by atoms with van der Waals surface area (Å²) in [5, 5.41) is 3.88. The van der Waals surface area contributed by atoms with Crippen LogP contribution in [0.5, 0.6) is 0 Å². The van der Waals surface area contributed by atoms with Gasteiger partial charge in [-0.3, -0.25) is 14.3 Å². The van der Waals surface area contributed by atoms with Gasteiger partial charge in [-0.15, -0.1) is 0 Å². The molecule has 1 aliphatic heterocycles. The van der Waals surface area contributed by atoms with Gasteiger partial charge in [-0.25, -0.2) is 4.98 Å². The van der Waals surface area contributed by atoms with Crippen LogP contribution in [0.15, 0.2) is 41.7 Å². The molecular weight excluding hydrogens is 360 g/mol. The Morgan fingerprint density at radius 1 is 1.30 bits per heavy atom. The number of imidazole rings is 1. The molecule has 3 unspecified atom stereocenters. The fourth-order valence-electron chi connectivity index (χ4n) is 3.50. The number of hydrogen-bond acceptors (Lipinski definition) is 5. The molecule has 1 fully saturated rings. The Hall–Kier alpha value is -1.83. The van der Waals surface area contributed by atoms with E-state index in [2.05, 4.69) is 36.0 Å². The summed E-state index contributed by atoms with van der Waals surface area (Å²) in [5.74, 6) is -0.104. The van der Waals surface area contributed by atoms with Crippen molar-refractivity contribution in [1.29, 1.82) is 0 Å². The smallest absolute Gasteiger partial charge is 0.270 e. The van der Waals surface area contributed by atoms with E-state index in [1.54, 1.807) is 6.20 Å². The lowest BCUT2D eigenvalue weighted by atomic mass is 10.1. The van der Waals surface area contributed by atoms with Crippen LogP contribution < -0.4 is 5.32 Å². The third-order valence-corrected chi connectivity index (χ3v) is 5.44. The molecule has 1 saturated heterocycles. The number of nitrogens with zero attached hydrogens (tertiary/aromatic N) is 3. The molecule has 1 aliphatic rings.